The minimum absolute atomic E-state index is 0.0502. The number of aryl methyl sites for hydroxylation is 2. The predicted molar refractivity (Wildman–Crippen MR) is 125 cm³/mol. The van der Waals surface area contributed by atoms with Crippen LogP contribution in [0.15, 0.2) is 58.3 Å². The van der Waals surface area contributed by atoms with E-state index >= 15 is 0 Å². The summed E-state index contributed by atoms with van der Waals surface area (Å²) in [5, 5.41) is 2.54. The first kappa shape index (κ1) is 24.4. The summed E-state index contributed by atoms with van der Waals surface area (Å²) in [6.45, 7) is 4.73. The van der Waals surface area contributed by atoms with Crippen LogP contribution in [0.1, 0.15) is 18.3 Å². The summed E-state index contributed by atoms with van der Waals surface area (Å²) < 4.78 is 55.2. The fourth-order valence-corrected chi connectivity index (χ4v) is 5.14. The Morgan fingerprint density at radius 2 is 1.36 bits per heavy atom. The maximum Gasteiger partial charge on any atom is 0.264 e. The molecule has 174 valence electrons. The first-order valence-electron chi connectivity index (χ1n) is 9.41. The van der Waals surface area contributed by atoms with Crippen molar-refractivity contribution in [2.75, 3.05) is 14.8 Å². The lowest BCUT2D eigenvalue weighted by atomic mass is 10.3. The third-order valence-electron chi connectivity index (χ3n) is 4.19. The highest BCUT2D eigenvalue weighted by molar-refractivity contribution is 7.93. The summed E-state index contributed by atoms with van der Waals surface area (Å²) >= 11 is 6.05. The second kappa shape index (κ2) is 9.33. The number of carbonyl (C=O) groups excluding carboxylic acids is 1. The van der Waals surface area contributed by atoms with Crippen molar-refractivity contribution in [2.24, 2.45) is 0 Å². The largest absolute Gasteiger partial charge is 0.325 e. The number of hydrogen-bond acceptors (Lipinski definition) is 7. The molecule has 0 saturated carbocycles. The molecule has 1 heterocycles. The lowest BCUT2D eigenvalue weighted by molar-refractivity contribution is -0.114. The Morgan fingerprint density at radius 1 is 0.818 bits per heavy atom. The Labute approximate surface area is 196 Å². The van der Waals surface area contributed by atoms with Crippen molar-refractivity contribution in [1.82, 2.24) is 9.97 Å². The van der Waals surface area contributed by atoms with Crippen LogP contribution in [-0.2, 0) is 24.8 Å². The zero-order valence-corrected chi connectivity index (χ0v) is 20.1. The van der Waals surface area contributed by atoms with Crippen LogP contribution in [0.4, 0.5) is 17.3 Å². The van der Waals surface area contributed by atoms with Crippen molar-refractivity contribution < 1.29 is 21.6 Å². The molecule has 1 amide bonds. The van der Waals surface area contributed by atoms with Gasteiger partial charge in [0.25, 0.3) is 20.0 Å². The van der Waals surface area contributed by atoms with Gasteiger partial charge >= 0.3 is 0 Å². The highest BCUT2D eigenvalue weighted by atomic mass is 35.5. The SMILES string of the molecule is CC(=O)Nc1ccc(S(=O)(=O)Nc2ccc(S(=O)(=O)Nc3nc(C)cc(C)n3)cc2)cc1Cl. The lowest BCUT2D eigenvalue weighted by Crippen LogP contribution is -2.16. The molecule has 33 heavy (non-hydrogen) atoms. The van der Waals surface area contributed by atoms with Gasteiger partial charge in [-0.2, -0.15) is 0 Å². The summed E-state index contributed by atoms with van der Waals surface area (Å²) in [7, 11) is -8.00. The Morgan fingerprint density at radius 3 is 1.91 bits per heavy atom. The Bertz CT molecular complexity index is 1410. The molecule has 0 aliphatic carbocycles. The number of amides is 1. The first-order chi connectivity index (χ1) is 15.4. The number of nitrogens with one attached hydrogen (secondary N) is 3. The zero-order chi connectivity index (χ0) is 24.4. The zero-order valence-electron chi connectivity index (χ0n) is 17.7. The smallest absolute Gasteiger partial charge is 0.264 e. The Kier molecular flexibility index (Phi) is 6.91. The van der Waals surface area contributed by atoms with Gasteiger partial charge in [-0.05, 0) is 62.4 Å². The molecule has 0 unspecified atom stereocenters. The van der Waals surface area contributed by atoms with Crippen LogP contribution in [0, 0.1) is 13.8 Å². The minimum Gasteiger partial charge on any atom is -0.325 e. The molecule has 0 saturated heterocycles. The maximum atomic E-state index is 12.7. The van der Waals surface area contributed by atoms with Gasteiger partial charge in [0.05, 0.1) is 20.5 Å². The van der Waals surface area contributed by atoms with Crippen LogP contribution in [-0.4, -0.2) is 32.7 Å². The number of benzene rings is 2. The third-order valence-corrected chi connectivity index (χ3v) is 7.22. The van der Waals surface area contributed by atoms with Gasteiger partial charge in [-0.15, -0.1) is 0 Å². The summed E-state index contributed by atoms with van der Waals surface area (Å²) in [4.78, 5) is 19.0. The molecule has 1 aromatic heterocycles. The molecule has 2 aromatic carbocycles. The average Bonchev–Trinajstić information content (AvgIpc) is 2.68. The number of nitrogens with zero attached hydrogens (tertiary/aromatic N) is 2. The van der Waals surface area contributed by atoms with E-state index in [1.165, 1.54) is 49.4 Å². The van der Waals surface area contributed by atoms with E-state index in [0.717, 1.165) is 0 Å². The van der Waals surface area contributed by atoms with E-state index in [1.807, 2.05) is 0 Å². The molecule has 3 rings (SSSR count). The predicted octanol–water partition coefficient (Wildman–Crippen LogP) is 3.31. The molecule has 0 aliphatic heterocycles. The van der Waals surface area contributed by atoms with Crippen LogP contribution in [0.5, 0.6) is 0 Å². The molecule has 0 radical (unpaired) electrons. The second-order valence-corrected chi connectivity index (χ2v) is 10.8. The molecule has 0 aliphatic rings. The quantitative estimate of drug-likeness (QED) is 0.442. The maximum absolute atomic E-state index is 12.7. The Balaban J connectivity index is 1.78. The number of rotatable bonds is 7. The van der Waals surface area contributed by atoms with E-state index in [2.05, 4.69) is 24.7 Å². The van der Waals surface area contributed by atoms with E-state index in [9.17, 15) is 21.6 Å². The van der Waals surface area contributed by atoms with E-state index in [1.54, 1.807) is 19.9 Å². The van der Waals surface area contributed by atoms with Gasteiger partial charge in [0.2, 0.25) is 11.9 Å². The van der Waals surface area contributed by atoms with E-state index < -0.39 is 20.0 Å². The molecule has 0 atom stereocenters. The van der Waals surface area contributed by atoms with Gasteiger partial charge in [0.1, 0.15) is 0 Å². The molecule has 3 N–H and O–H groups in total. The molecular formula is C20H20ClN5O5S2. The fraction of sp³-hybridized carbons (Fsp3) is 0.150. The molecule has 10 nitrogen and oxygen atoms in total. The number of hydrogen-bond donors (Lipinski definition) is 3. The van der Waals surface area contributed by atoms with Gasteiger partial charge in [-0.3, -0.25) is 9.52 Å². The van der Waals surface area contributed by atoms with Crippen molar-refractivity contribution in [2.45, 2.75) is 30.6 Å². The van der Waals surface area contributed by atoms with Crippen LogP contribution in [0.3, 0.4) is 0 Å². The van der Waals surface area contributed by atoms with Crippen LogP contribution < -0.4 is 14.8 Å². The van der Waals surface area contributed by atoms with Gasteiger partial charge in [0.15, 0.2) is 0 Å². The third kappa shape index (κ3) is 6.18. The highest BCUT2D eigenvalue weighted by Gasteiger charge is 2.19. The van der Waals surface area contributed by atoms with E-state index in [0.29, 0.717) is 11.4 Å². The topological polar surface area (TPSA) is 147 Å². The summed E-state index contributed by atoms with van der Waals surface area (Å²) in [5.41, 5.74) is 1.63. The van der Waals surface area contributed by atoms with Crippen molar-refractivity contribution in [3.05, 3.63) is 64.9 Å². The fourth-order valence-electron chi connectivity index (χ4n) is 2.82. The van der Waals surface area contributed by atoms with Gasteiger partial charge in [-0.25, -0.2) is 31.5 Å². The first-order valence-corrected chi connectivity index (χ1v) is 12.8. The van der Waals surface area contributed by atoms with Crippen molar-refractivity contribution in [3.8, 4) is 0 Å². The second-order valence-electron chi connectivity index (χ2n) is 7.03. The summed E-state index contributed by atoms with van der Waals surface area (Å²) in [6, 6.07) is 10.7. The van der Waals surface area contributed by atoms with Crippen molar-refractivity contribution in [1.29, 1.82) is 0 Å². The average molecular weight is 510 g/mol. The molecule has 0 fully saturated rings. The summed E-state index contributed by atoms with van der Waals surface area (Å²) in [6.07, 6.45) is 0. The van der Waals surface area contributed by atoms with Crippen LogP contribution in [0.2, 0.25) is 5.02 Å². The lowest BCUT2D eigenvalue weighted by Gasteiger charge is -2.12. The number of aromatic nitrogens is 2. The molecule has 0 bridgehead atoms. The minimum atomic E-state index is -4.02. The van der Waals surface area contributed by atoms with Gasteiger partial charge in [-0.1, -0.05) is 11.6 Å². The van der Waals surface area contributed by atoms with Gasteiger partial charge < -0.3 is 5.32 Å². The number of carbonyl (C=O) groups is 1. The number of anilines is 3. The van der Waals surface area contributed by atoms with E-state index in [-0.39, 0.29) is 38.0 Å². The standard InChI is InChI=1S/C20H20ClN5O5S2/c1-12-10-13(2)23-20(22-12)26-32(28,29)16-6-4-15(5-7-16)25-33(30,31)17-8-9-19(18(21)11-17)24-14(3)27/h4-11,25H,1-3H3,(H,24,27)(H,22,23,26). The number of halogens is 1. The highest BCUT2D eigenvalue weighted by Crippen LogP contribution is 2.27. The molecule has 0 spiro atoms. The molecular weight excluding hydrogens is 490 g/mol. The Hall–Kier alpha value is -3.22. The monoisotopic (exact) mass is 509 g/mol. The normalized spacial score (nSPS) is 11.6. The van der Waals surface area contributed by atoms with Crippen molar-refractivity contribution >= 4 is 54.9 Å². The van der Waals surface area contributed by atoms with Crippen molar-refractivity contribution in [3.63, 3.8) is 0 Å². The van der Waals surface area contributed by atoms with E-state index in [4.69, 9.17) is 11.6 Å². The van der Waals surface area contributed by atoms with Crippen LogP contribution >= 0.6 is 11.6 Å². The van der Waals surface area contributed by atoms with Crippen LogP contribution in [0.25, 0.3) is 0 Å². The van der Waals surface area contributed by atoms with Gasteiger partial charge in [0, 0.05) is 24.0 Å². The molecule has 13 heteroatoms. The molecule has 3 aromatic rings. The summed E-state index contributed by atoms with van der Waals surface area (Å²) in [5.74, 6) is -0.406. The number of sulfonamides is 2.